The maximum Gasteiger partial charge on any atom is 0.115 e. The number of aromatic hydroxyl groups is 1. The van der Waals surface area contributed by atoms with E-state index in [1.807, 2.05) is 18.2 Å². The first-order chi connectivity index (χ1) is 16.6. The zero-order valence-corrected chi connectivity index (χ0v) is 19.1. The van der Waals surface area contributed by atoms with Gasteiger partial charge >= 0.3 is 0 Å². The van der Waals surface area contributed by atoms with Gasteiger partial charge in [-0.05, 0) is 65.9 Å². The van der Waals surface area contributed by atoms with Gasteiger partial charge in [0, 0.05) is 41.9 Å². The average Bonchev–Trinajstić information content (AvgIpc) is 2.84. The van der Waals surface area contributed by atoms with Crippen LogP contribution in [0.25, 0.3) is 10.9 Å². The summed E-state index contributed by atoms with van der Waals surface area (Å²) in [5.74, 6) is 0.276. The van der Waals surface area contributed by atoms with Crippen molar-refractivity contribution in [2.75, 3.05) is 6.54 Å². The van der Waals surface area contributed by atoms with Crippen LogP contribution in [0, 0.1) is 0 Å². The van der Waals surface area contributed by atoms with E-state index in [0.717, 1.165) is 53.7 Å². The highest BCUT2D eigenvalue weighted by molar-refractivity contribution is 5.79. The number of aliphatic hydroxyl groups is 1. The molecule has 3 aromatic carbocycles. The quantitative estimate of drug-likeness (QED) is 0.473. The van der Waals surface area contributed by atoms with Gasteiger partial charge in [-0.2, -0.15) is 0 Å². The standard InChI is InChI=1S/C30H28N2O2/c33-24-11-10-21-15-28-30(34)17-23-14-22-8-4-5-9-26(22)31-27(23)18-29(30,25(21)16-24)12-13-32(28)19-20-6-2-1-3-7-20/h1-11,14,16,28,33-34H,12-13,15,17-19H2/t28-,29-,30-/m1/s1. The Morgan fingerprint density at radius 3 is 2.62 bits per heavy atom. The molecule has 0 unspecified atom stereocenters. The molecule has 1 aromatic heterocycles. The topological polar surface area (TPSA) is 56.6 Å². The van der Waals surface area contributed by atoms with Crippen LogP contribution in [-0.4, -0.2) is 38.3 Å². The molecule has 34 heavy (non-hydrogen) atoms. The molecule has 0 amide bonds. The largest absolute Gasteiger partial charge is 0.508 e. The van der Waals surface area contributed by atoms with Gasteiger partial charge < -0.3 is 10.2 Å². The van der Waals surface area contributed by atoms with Gasteiger partial charge in [0.25, 0.3) is 0 Å². The number of phenolic OH excluding ortho intramolecular Hbond substituents is 1. The Labute approximate surface area is 199 Å². The summed E-state index contributed by atoms with van der Waals surface area (Å²) in [7, 11) is 0. The first-order valence-electron chi connectivity index (χ1n) is 12.3. The van der Waals surface area contributed by atoms with E-state index in [4.69, 9.17) is 4.98 Å². The SMILES string of the molecule is Oc1ccc2c(c1)[C@]13CCN(Cc4ccccc4)[C@H](C2)[C@]1(O)Cc1cc2ccccc2nc1C3. The van der Waals surface area contributed by atoms with E-state index in [1.165, 1.54) is 11.1 Å². The van der Waals surface area contributed by atoms with Crippen molar-refractivity contribution in [2.45, 2.75) is 49.3 Å². The summed E-state index contributed by atoms with van der Waals surface area (Å²) in [5.41, 5.74) is 5.53. The number of pyridine rings is 1. The van der Waals surface area contributed by atoms with Gasteiger partial charge in [0.05, 0.1) is 11.1 Å². The highest BCUT2D eigenvalue weighted by atomic mass is 16.3. The predicted molar refractivity (Wildman–Crippen MR) is 133 cm³/mol. The number of aromatic nitrogens is 1. The molecule has 1 aliphatic heterocycles. The summed E-state index contributed by atoms with van der Waals surface area (Å²) in [6.45, 7) is 1.75. The summed E-state index contributed by atoms with van der Waals surface area (Å²) >= 11 is 0. The lowest BCUT2D eigenvalue weighted by atomic mass is 9.49. The van der Waals surface area contributed by atoms with Crippen LogP contribution in [0.1, 0.15) is 34.4 Å². The summed E-state index contributed by atoms with van der Waals surface area (Å²) in [6, 6.07) is 26.8. The Morgan fingerprint density at radius 2 is 1.74 bits per heavy atom. The number of likely N-dealkylation sites (tertiary alicyclic amines) is 1. The number of hydrogen-bond donors (Lipinski definition) is 2. The van der Waals surface area contributed by atoms with Crippen LogP contribution < -0.4 is 0 Å². The number of nitrogens with zero attached hydrogens (tertiary/aromatic N) is 2. The number of piperidine rings is 1. The van der Waals surface area contributed by atoms with E-state index in [2.05, 4.69) is 59.5 Å². The number of benzene rings is 3. The minimum Gasteiger partial charge on any atom is -0.508 e. The molecule has 0 radical (unpaired) electrons. The summed E-state index contributed by atoms with van der Waals surface area (Å²) < 4.78 is 0. The lowest BCUT2D eigenvalue weighted by molar-refractivity contribution is -0.153. The molecule has 2 N–H and O–H groups in total. The maximum absolute atomic E-state index is 12.7. The molecule has 4 nitrogen and oxygen atoms in total. The van der Waals surface area contributed by atoms with Crippen molar-refractivity contribution in [1.82, 2.24) is 9.88 Å². The van der Waals surface area contributed by atoms with Crippen LogP contribution >= 0.6 is 0 Å². The first kappa shape index (κ1) is 20.2. The van der Waals surface area contributed by atoms with Gasteiger partial charge in [-0.3, -0.25) is 9.88 Å². The van der Waals surface area contributed by atoms with Gasteiger partial charge in [-0.15, -0.1) is 0 Å². The monoisotopic (exact) mass is 448 g/mol. The fraction of sp³-hybridized carbons (Fsp3) is 0.300. The maximum atomic E-state index is 12.7. The van der Waals surface area contributed by atoms with E-state index in [9.17, 15) is 10.2 Å². The van der Waals surface area contributed by atoms with Gasteiger partial charge in [0.1, 0.15) is 5.75 Å². The van der Waals surface area contributed by atoms with Gasteiger partial charge in [-0.25, -0.2) is 0 Å². The zero-order valence-electron chi connectivity index (χ0n) is 19.1. The number of para-hydroxylation sites is 1. The van der Waals surface area contributed by atoms with Crippen LogP contribution in [0.3, 0.4) is 0 Å². The normalized spacial score (nSPS) is 27.6. The molecule has 2 heterocycles. The Morgan fingerprint density at radius 1 is 0.912 bits per heavy atom. The van der Waals surface area contributed by atoms with Crippen LogP contribution in [0.4, 0.5) is 0 Å². The molecule has 3 aliphatic rings. The zero-order chi connectivity index (χ0) is 22.9. The molecule has 0 spiro atoms. The van der Waals surface area contributed by atoms with Crippen molar-refractivity contribution in [3.8, 4) is 5.75 Å². The number of fused-ring (bicyclic) bond motifs is 3. The lowest BCUT2D eigenvalue weighted by Crippen LogP contribution is -2.74. The molecule has 3 atom stereocenters. The highest BCUT2D eigenvalue weighted by Gasteiger charge is 2.64. The van der Waals surface area contributed by atoms with E-state index >= 15 is 0 Å². The Kier molecular flexibility index (Phi) is 4.24. The van der Waals surface area contributed by atoms with Gasteiger partial charge in [-0.1, -0.05) is 54.6 Å². The van der Waals surface area contributed by atoms with Crippen molar-refractivity contribution in [3.63, 3.8) is 0 Å². The van der Waals surface area contributed by atoms with Crippen LogP contribution in [0.15, 0.2) is 78.9 Å². The highest BCUT2D eigenvalue weighted by Crippen LogP contribution is 2.57. The first-order valence-corrected chi connectivity index (χ1v) is 12.3. The second-order valence-electron chi connectivity index (χ2n) is 10.4. The van der Waals surface area contributed by atoms with Crippen molar-refractivity contribution < 1.29 is 10.2 Å². The fourth-order valence-electron chi connectivity index (χ4n) is 7.10. The lowest BCUT2D eigenvalue weighted by Gasteiger charge is -2.63. The molecule has 4 heteroatoms. The molecule has 4 aromatic rings. The predicted octanol–water partition coefficient (Wildman–Crippen LogP) is 4.54. The number of hydrogen-bond acceptors (Lipinski definition) is 4. The van der Waals surface area contributed by atoms with Crippen molar-refractivity contribution in [1.29, 1.82) is 0 Å². The van der Waals surface area contributed by atoms with Crippen molar-refractivity contribution in [3.05, 3.63) is 107 Å². The molecular formula is C30H28N2O2. The van der Waals surface area contributed by atoms with Gasteiger partial charge in [0.15, 0.2) is 0 Å². The minimum absolute atomic E-state index is 0.0121. The smallest absolute Gasteiger partial charge is 0.115 e. The van der Waals surface area contributed by atoms with Crippen LogP contribution in [0.2, 0.25) is 0 Å². The number of phenols is 1. The van der Waals surface area contributed by atoms with Crippen LogP contribution in [0.5, 0.6) is 5.75 Å². The summed E-state index contributed by atoms with van der Waals surface area (Å²) in [4.78, 5) is 7.56. The van der Waals surface area contributed by atoms with Crippen molar-refractivity contribution in [2.24, 2.45) is 0 Å². The molecule has 1 saturated heterocycles. The fourth-order valence-corrected chi connectivity index (χ4v) is 7.10. The second kappa shape index (κ2) is 7.14. The summed E-state index contributed by atoms with van der Waals surface area (Å²) in [6.07, 6.45) is 2.93. The Hall–Kier alpha value is -3.21. The van der Waals surface area contributed by atoms with E-state index in [0.29, 0.717) is 12.8 Å². The third-order valence-electron chi connectivity index (χ3n) is 8.72. The Bertz CT molecular complexity index is 1420. The third kappa shape index (κ3) is 2.76. The second-order valence-corrected chi connectivity index (χ2v) is 10.4. The molecule has 1 fully saturated rings. The van der Waals surface area contributed by atoms with E-state index in [1.54, 1.807) is 6.07 Å². The molecule has 0 saturated carbocycles. The van der Waals surface area contributed by atoms with Crippen molar-refractivity contribution >= 4 is 10.9 Å². The third-order valence-corrected chi connectivity index (χ3v) is 8.72. The molecule has 2 bridgehead atoms. The Balaban J connectivity index is 1.40. The molecule has 2 aliphatic carbocycles. The van der Waals surface area contributed by atoms with Gasteiger partial charge in [0.2, 0.25) is 0 Å². The van der Waals surface area contributed by atoms with E-state index in [-0.39, 0.29) is 11.8 Å². The average molecular weight is 449 g/mol. The molecule has 170 valence electrons. The molecular weight excluding hydrogens is 420 g/mol. The minimum atomic E-state index is -0.919. The molecule has 7 rings (SSSR count). The van der Waals surface area contributed by atoms with Crippen LogP contribution in [-0.2, 0) is 31.2 Å². The summed E-state index contributed by atoms with van der Waals surface area (Å²) in [5, 5.41) is 24.3. The number of rotatable bonds is 2. The van der Waals surface area contributed by atoms with E-state index < -0.39 is 11.0 Å².